The summed E-state index contributed by atoms with van der Waals surface area (Å²) in [4.78, 5) is 6.35. The molecular weight excluding hydrogens is 229 g/mol. The van der Waals surface area contributed by atoms with Crippen LogP contribution in [0.4, 0.5) is 10.1 Å². The summed E-state index contributed by atoms with van der Waals surface area (Å²) in [5.41, 5.74) is 8.45. The molecular formula is C14H16FN3. The molecule has 0 saturated heterocycles. The lowest BCUT2D eigenvalue weighted by Crippen LogP contribution is -2.17. The molecule has 1 aromatic heterocycles. The third-order valence-corrected chi connectivity index (χ3v) is 2.79. The predicted molar refractivity (Wildman–Crippen MR) is 70.6 cm³/mol. The Balaban J connectivity index is 2.05. The summed E-state index contributed by atoms with van der Waals surface area (Å²) in [7, 11) is 1.95. The molecule has 0 unspecified atom stereocenters. The molecule has 0 aliphatic heterocycles. The quantitative estimate of drug-likeness (QED) is 0.898. The van der Waals surface area contributed by atoms with E-state index in [1.807, 2.05) is 24.1 Å². The second-order valence-corrected chi connectivity index (χ2v) is 4.19. The summed E-state index contributed by atoms with van der Waals surface area (Å²) >= 11 is 0. The van der Waals surface area contributed by atoms with Crippen molar-refractivity contribution in [2.75, 3.05) is 11.9 Å². The first-order valence-electron chi connectivity index (χ1n) is 5.79. The fraction of sp³-hybridized carbons (Fsp3) is 0.214. The van der Waals surface area contributed by atoms with Gasteiger partial charge in [-0.3, -0.25) is 4.98 Å². The van der Waals surface area contributed by atoms with E-state index >= 15 is 0 Å². The number of aromatic nitrogens is 1. The minimum Gasteiger partial charge on any atom is -0.369 e. The normalized spacial score (nSPS) is 10.4. The van der Waals surface area contributed by atoms with Gasteiger partial charge in [0.25, 0.3) is 0 Å². The summed E-state index contributed by atoms with van der Waals surface area (Å²) in [6, 6.07) is 10.4. The topological polar surface area (TPSA) is 42.1 Å². The van der Waals surface area contributed by atoms with E-state index in [1.54, 1.807) is 18.3 Å². The van der Waals surface area contributed by atoms with Crippen LogP contribution in [-0.4, -0.2) is 12.0 Å². The summed E-state index contributed by atoms with van der Waals surface area (Å²) in [5.74, 6) is -0.224. The summed E-state index contributed by atoms with van der Waals surface area (Å²) in [5, 5.41) is 0. The van der Waals surface area contributed by atoms with Crippen LogP contribution in [0, 0.1) is 5.82 Å². The minimum atomic E-state index is -0.224. The van der Waals surface area contributed by atoms with E-state index in [4.69, 9.17) is 5.73 Å². The standard InChI is InChI=1S/C14H16FN3/c1-18(14-6-3-12(15)4-7-14)10-13-5-2-11(8-16)9-17-13/h2-7,9H,8,10,16H2,1H3. The van der Waals surface area contributed by atoms with Gasteiger partial charge in [-0.2, -0.15) is 0 Å². The second-order valence-electron chi connectivity index (χ2n) is 4.19. The second kappa shape index (κ2) is 5.60. The van der Waals surface area contributed by atoms with E-state index < -0.39 is 0 Å². The fourth-order valence-corrected chi connectivity index (χ4v) is 1.70. The molecule has 0 aliphatic rings. The third-order valence-electron chi connectivity index (χ3n) is 2.79. The fourth-order valence-electron chi connectivity index (χ4n) is 1.70. The smallest absolute Gasteiger partial charge is 0.123 e. The Bertz CT molecular complexity index is 493. The highest BCUT2D eigenvalue weighted by molar-refractivity contribution is 5.45. The molecule has 0 aliphatic carbocycles. The number of nitrogens with two attached hydrogens (primary N) is 1. The molecule has 18 heavy (non-hydrogen) atoms. The number of benzene rings is 1. The van der Waals surface area contributed by atoms with Crippen molar-refractivity contribution in [2.24, 2.45) is 5.73 Å². The molecule has 1 aromatic carbocycles. The molecule has 2 aromatic rings. The Morgan fingerprint density at radius 3 is 2.44 bits per heavy atom. The van der Waals surface area contributed by atoms with Crippen LogP contribution in [0.5, 0.6) is 0 Å². The first-order valence-corrected chi connectivity index (χ1v) is 5.79. The Labute approximate surface area is 106 Å². The molecule has 94 valence electrons. The molecule has 0 atom stereocenters. The Kier molecular flexibility index (Phi) is 3.89. The van der Waals surface area contributed by atoms with Crippen LogP contribution in [0.25, 0.3) is 0 Å². The lowest BCUT2D eigenvalue weighted by atomic mass is 10.2. The number of hydrogen-bond donors (Lipinski definition) is 1. The average molecular weight is 245 g/mol. The molecule has 2 rings (SSSR count). The Morgan fingerprint density at radius 2 is 1.89 bits per heavy atom. The van der Waals surface area contributed by atoms with E-state index in [2.05, 4.69) is 4.98 Å². The summed E-state index contributed by atoms with van der Waals surface area (Å²) < 4.78 is 12.8. The highest BCUT2D eigenvalue weighted by Gasteiger charge is 2.03. The zero-order valence-corrected chi connectivity index (χ0v) is 10.3. The highest BCUT2D eigenvalue weighted by atomic mass is 19.1. The van der Waals surface area contributed by atoms with Gasteiger partial charge in [0.15, 0.2) is 0 Å². The number of nitrogens with zero attached hydrogens (tertiary/aromatic N) is 2. The number of hydrogen-bond acceptors (Lipinski definition) is 3. The van der Waals surface area contributed by atoms with Crippen LogP contribution < -0.4 is 10.6 Å². The van der Waals surface area contributed by atoms with Crippen LogP contribution in [0.3, 0.4) is 0 Å². The molecule has 0 radical (unpaired) electrons. The van der Waals surface area contributed by atoms with Crippen LogP contribution in [0.2, 0.25) is 0 Å². The SMILES string of the molecule is CN(Cc1ccc(CN)cn1)c1ccc(F)cc1. The third kappa shape index (κ3) is 3.05. The van der Waals surface area contributed by atoms with Crippen molar-refractivity contribution in [2.45, 2.75) is 13.1 Å². The van der Waals surface area contributed by atoms with Crippen LogP contribution in [0.1, 0.15) is 11.3 Å². The van der Waals surface area contributed by atoms with E-state index in [9.17, 15) is 4.39 Å². The van der Waals surface area contributed by atoms with E-state index in [-0.39, 0.29) is 5.82 Å². The summed E-state index contributed by atoms with van der Waals surface area (Å²) in [6.45, 7) is 1.18. The van der Waals surface area contributed by atoms with Gasteiger partial charge in [-0.15, -0.1) is 0 Å². The number of rotatable bonds is 4. The van der Waals surface area contributed by atoms with Gasteiger partial charge in [-0.05, 0) is 35.9 Å². The zero-order valence-electron chi connectivity index (χ0n) is 10.3. The maximum absolute atomic E-state index is 12.8. The van der Waals surface area contributed by atoms with Gasteiger partial charge in [0.1, 0.15) is 5.82 Å². The van der Waals surface area contributed by atoms with Crippen LogP contribution >= 0.6 is 0 Å². The molecule has 0 fully saturated rings. The van der Waals surface area contributed by atoms with Crippen LogP contribution in [-0.2, 0) is 13.1 Å². The molecule has 0 bridgehead atoms. The van der Waals surface area contributed by atoms with Crippen molar-refractivity contribution < 1.29 is 4.39 Å². The van der Waals surface area contributed by atoms with Gasteiger partial charge in [-0.1, -0.05) is 6.07 Å². The number of anilines is 1. The van der Waals surface area contributed by atoms with Gasteiger partial charge in [0.2, 0.25) is 0 Å². The van der Waals surface area contributed by atoms with Gasteiger partial charge in [-0.25, -0.2) is 4.39 Å². The number of pyridine rings is 1. The van der Waals surface area contributed by atoms with Gasteiger partial charge in [0.05, 0.1) is 12.2 Å². The largest absolute Gasteiger partial charge is 0.369 e. The zero-order chi connectivity index (χ0) is 13.0. The molecule has 4 heteroatoms. The van der Waals surface area contributed by atoms with Crippen molar-refractivity contribution in [3.63, 3.8) is 0 Å². The lowest BCUT2D eigenvalue weighted by Gasteiger charge is -2.18. The van der Waals surface area contributed by atoms with Crippen molar-refractivity contribution in [3.8, 4) is 0 Å². The maximum Gasteiger partial charge on any atom is 0.123 e. The number of halogens is 1. The average Bonchev–Trinajstić information content (AvgIpc) is 2.40. The van der Waals surface area contributed by atoms with Crippen molar-refractivity contribution >= 4 is 5.69 Å². The van der Waals surface area contributed by atoms with E-state index in [0.717, 1.165) is 16.9 Å². The van der Waals surface area contributed by atoms with Gasteiger partial charge >= 0.3 is 0 Å². The Morgan fingerprint density at radius 1 is 1.17 bits per heavy atom. The van der Waals surface area contributed by atoms with Crippen molar-refractivity contribution in [1.29, 1.82) is 0 Å². The van der Waals surface area contributed by atoms with Crippen LogP contribution in [0.15, 0.2) is 42.6 Å². The highest BCUT2D eigenvalue weighted by Crippen LogP contribution is 2.15. The molecule has 3 nitrogen and oxygen atoms in total. The first-order chi connectivity index (χ1) is 8.69. The van der Waals surface area contributed by atoms with Crippen molar-refractivity contribution in [3.05, 3.63) is 59.7 Å². The monoisotopic (exact) mass is 245 g/mol. The van der Waals surface area contributed by atoms with E-state index in [0.29, 0.717) is 13.1 Å². The Hall–Kier alpha value is -1.94. The lowest BCUT2D eigenvalue weighted by molar-refractivity contribution is 0.627. The predicted octanol–water partition coefficient (Wildman–Crippen LogP) is 2.32. The first kappa shape index (κ1) is 12.5. The molecule has 1 heterocycles. The summed E-state index contributed by atoms with van der Waals surface area (Å²) in [6.07, 6.45) is 1.79. The van der Waals surface area contributed by atoms with Crippen molar-refractivity contribution in [1.82, 2.24) is 4.98 Å². The minimum absolute atomic E-state index is 0.224. The maximum atomic E-state index is 12.8. The van der Waals surface area contributed by atoms with Gasteiger partial charge in [0, 0.05) is 25.5 Å². The van der Waals surface area contributed by atoms with Gasteiger partial charge < -0.3 is 10.6 Å². The molecule has 2 N–H and O–H groups in total. The molecule has 0 saturated carbocycles. The molecule has 0 spiro atoms. The molecule has 0 amide bonds. The van der Waals surface area contributed by atoms with E-state index in [1.165, 1.54) is 12.1 Å².